The first-order valence-corrected chi connectivity index (χ1v) is 8.19. The molecule has 1 N–H and O–H groups in total. The fourth-order valence-corrected chi connectivity index (χ4v) is 3.48. The van der Waals surface area contributed by atoms with E-state index in [-0.39, 0.29) is 17.9 Å². The normalized spacial score (nSPS) is 32.4. The zero-order chi connectivity index (χ0) is 15.7. The molecule has 2 saturated heterocycles. The predicted molar refractivity (Wildman–Crippen MR) is 80.8 cm³/mol. The van der Waals surface area contributed by atoms with Crippen molar-refractivity contribution < 1.29 is 14.3 Å². The van der Waals surface area contributed by atoms with Crippen molar-refractivity contribution >= 4 is 11.8 Å². The molecule has 0 aromatic rings. The molecule has 0 aromatic carbocycles. The maximum Gasteiger partial charge on any atom is 0.249 e. The van der Waals surface area contributed by atoms with Gasteiger partial charge in [0.2, 0.25) is 11.8 Å². The van der Waals surface area contributed by atoms with Gasteiger partial charge in [0.15, 0.2) is 0 Å². The molecule has 0 saturated carbocycles. The lowest BCUT2D eigenvalue weighted by atomic mass is 9.81. The quantitative estimate of drug-likeness (QED) is 0.842. The Labute approximate surface area is 127 Å². The minimum atomic E-state index is -0.788. The molecular formula is C16H28N2O3. The third kappa shape index (κ3) is 2.56. The third-order valence-electron chi connectivity index (χ3n) is 5.33. The Kier molecular flexibility index (Phi) is 4.61. The van der Waals surface area contributed by atoms with Crippen molar-refractivity contribution in [3.8, 4) is 0 Å². The molecule has 0 aromatic heterocycles. The number of ether oxygens (including phenoxy) is 1. The SMILES string of the molecule is CCC1(C)NC(=O)C(CC)(CC)N(CC2CCCO2)C1=O. The van der Waals surface area contributed by atoms with Crippen molar-refractivity contribution in [2.45, 2.75) is 77.0 Å². The van der Waals surface area contributed by atoms with E-state index < -0.39 is 11.1 Å². The molecule has 2 rings (SSSR count). The van der Waals surface area contributed by atoms with Crippen LogP contribution in [0.2, 0.25) is 0 Å². The highest BCUT2D eigenvalue weighted by molar-refractivity contribution is 6.02. The molecule has 0 radical (unpaired) electrons. The van der Waals surface area contributed by atoms with Crippen molar-refractivity contribution in [2.75, 3.05) is 13.2 Å². The highest BCUT2D eigenvalue weighted by Crippen LogP contribution is 2.34. The van der Waals surface area contributed by atoms with Crippen LogP contribution >= 0.6 is 0 Å². The van der Waals surface area contributed by atoms with Gasteiger partial charge in [0, 0.05) is 13.2 Å². The Balaban J connectivity index is 2.34. The molecule has 2 heterocycles. The molecule has 120 valence electrons. The summed E-state index contributed by atoms with van der Waals surface area (Å²) < 4.78 is 5.70. The summed E-state index contributed by atoms with van der Waals surface area (Å²) >= 11 is 0. The lowest BCUT2D eigenvalue weighted by Crippen LogP contribution is -2.75. The van der Waals surface area contributed by atoms with E-state index in [1.807, 2.05) is 32.6 Å². The monoisotopic (exact) mass is 296 g/mol. The van der Waals surface area contributed by atoms with Crippen LogP contribution in [0.4, 0.5) is 0 Å². The number of nitrogens with one attached hydrogen (secondary N) is 1. The summed E-state index contributed by atoms with van der Waals surface area (Å²) in [7, 11) is 0. The van der Waals surface area contributed by atoms with E-state index in [2.05, 4.69) is 5.32 Å². The Morgan fingerprint density at radius 2 is 1.90 bits per heavy atom. The number of piperazine rings is 1. The average molecular weight is 296 g/mol. The van der Waals surface area contributed by atoms with E-state index in [4.69, 9.17) is 4.74 Å². The fraction of sp³-hybridized carbons (Fsp3) is 0.875. The van der Waals surface area contributed by atoms with Gasteiger partial charge in [0.05, 0.1) is 6.10 Å². The molecule has 21 heavy (non-hydrogen) atoms. The number of hydrogen-bond acceptors (Lipinski definition) is 3. The van der Waals surface area contributed by atoms with Crippen LogP contribution in [0.5, 0.6) is 0 Å². The van der Waals surface area contributed by atoms with Crippen molar-refractivity contribution in [3.05, 3.63) is 0 Å². The predicted octanol–water partition coefficient (Wildman–Crippen LogP) is 1.85. The van der Waals surface area contributed by atoms with Gasteiger partial charge in [-0.3, -0.25) is 9.59 Å². The van der Waals surface area contributed by atoms with E-state index in [0.29, 0.717) is 25.8 Å². The molecule has 0 aliphatic carbocycles. The average Bonchev–Trinajstić information content (AvgIpc) is 2.99. The second-order valence-corrected chi connectivity index (χ2v) is 6.43. The summed E-state index contributed by atoms with van der Waals surface area (Å²) in [6, 6.07) is 0. The van der Waals surface area contributed by atoms with Crippen molar-refractivity contribution in [1.82, 2.24) is 10.2 Å². The molecule has 2 amide bonds. The van der Waals surface area contributed by atoms with Crippen LogP contribution in [0.1, 0.15) is 59.8 Å². The van der Waals surface area contributed by atoms with Crippen LogP contribution in [-0.2, 0) is 14.3 Å². The van der Waals surface area contributed by atoms with E-state index in [1.165, 1.54) is 0 Å². The minimum absolute atomic E-state index is 0.0190. The lowest BCUT2D eigenvalue weighted by Gasteiger charge is -2.51. The van der Waals surface area contributed by atoms with Gasteiger partial charge in [0.1, 0.15) is 11.1 Å². The third-order valence-corrected chi connectivity index (χ3v) is 5.33. The molecular weight excluding hydrogens is 268 g/mol. The maximum absolute atomic E-state index is 13.0. The summed E-state index contributed by atoms with van der Waals surface area (Å²) in [4.78, 5) is 27.5. The molecule has 0 bridgehead atoms. The highest BCUT2D eigenvalue weighted by atomic mass is 16.5. The fourth-order valence-electron chi connectivity index (χ4n) is 3.48. The first-order chi connectivity index (χ1) is 9.93. The summed E-state index contributed by atoms with van der Waals surface area (Å²) in [5.41, 5.74) is -1.51. The Morgan fingerprint density at radius 3 is 2.38 bits per heavy atom. The number of carbonyl (C=O) groups is 2. The number of hydrogen-bond donors (Lipinski definition) is 1. The van der Waals surface area contributed by atoms with Crippen LogP contribution in [0.3, 0.4) is 0 Å². The number of rotatable bonds is 5. The first kappa shape index (κ1) is 16.3. The lowest BCUT2D eigenvalue weighted by molar-refractivity contribution is -0.165. The van der Waals surface area contributed by atoms with Crippen molar-refractivity contribution in [2.24, 2.45) is 0 Å². The molecule has 5 heteroatoms. The van der Waals surface area contributed by atoms with Gasteiger partial charge in [-0.1, -0.05) is 20.8 Å². The molecule has 2 fully saturated rings. The van der Waals surface area contributed by atoms with Gasteiger partial charge in [-0.2, -0.15) is 0 Å². The topological polar surface area (TPSA) is 58.6 Å². The highest BCUT2D eigenvalue weighted by Gasteiger charge is 2.54. The van der Waals surface area contributed by atoms with Crippen LogP contribution in [-0.4, -0.2) is 47.0 Å². The summed E-state index contributed by atoms with van der Waals surface area (Å²) in [5.74, 6) is 0.0123. The van der Waals surface area contributed by atoms with Gasteiger partial charge < -0.3 is 15.0 Å². The van der Waals surface area contributed by atoms with Crippen LogP contribution in [0, 0.1) is 0 Å². The van der Waals surface area contributed by atoms with E-state index in [0.717, 1.165) is 19.4 Å². The second kappa shape index (κ2) is 5.95. The van der Waals surface area contributed by atoms with Crippen LogP contribution in [0.25, 0.3) is 0 Å². The van der Waals surface area contributed by atoms with Gasteiger partial charge in [-0.05, 0) is 39.0 Å². The summed E-state index contributed by atoms with van der Waals surface area (Å²) in [5, 5.41) is 2.97. The first-order valence-electron chi connectivity index (χ1n) is 8.19. The number of carbonyl (C=O) groups excluding carboxylic acids is 2. The largest absolute Gasteiger partial charge is 0.376 e. The molecule has 2 aliphatic heterocycles. The Hall–Kier alpha value is -1.10. The summed E-state index contributed by atoms with van der Waals surface area (Å²) in [6.45, 7) is 9.01. The van der Waals surface area contributed by atoms with Crippen LogP contribution in [0.15, 0.2) is 0 Å². The van der Waals surface area contributed by atoms with Crippen molar-refractivity contribution in [3.63, 3.8) is 0 Å². The minimum Gasteiger partial charge on any atom is -0.376 e. The Morgan fingerprint density at radius 1 is 1.24 bits per heavy atom. The van der Waals surface area contributed by atoms with Crippen molar-refractivity contribution in [1.29, 1.82) is 0 Å². The van der Waals surface area contributed by atoms with E-state index in [9.17, 15) is 9.59 Å². The molecule has 5 nitrogen and oxygen atoms in total. The smallest absolute Gasteiger partial charge is 0.249 e. The molecule has 0 spiro atoms. The molecule has 2 atom stereocenters. The van der Waals surface area contributed by atoms with E-state index in [1.54, 1.807) is 0 Å². The van der Waals surface area contributed by atoms with Gasteiger partial charge >= 0.3 is 0 Å². The standard InChI is InChI=1S/C16H28N2O3/c1-5-15(4)14(20)18(11-12-9-8-10-21-12)16(6-2,7-3)13(19)17-15/h12H,5-11H2,1-4H3,(H,17,19). The molecule has 2 aliphatic rings. The zero-order valence-electron chi connectivity index (χ0n) is 13.7. The van der Waals surface area contributed by atoms with Gasteiger partial charge in [-0.25, -0.2) is 0 Å². The second-order valence-electron chi connectivity index (χ2n) is 6.43. The van der Waals surface area contributed by atoms with Gasteiger partial charge in [-0.15, -0.1) is 0 Å². The number of amides is 2. The zero-order valence-corrected chi connectivity index (χ0v) is 13.7. The summed E-state index contributed by atoms with van der Waals surface area (Å²) in [6.07, 6.45) is 3.94. The number of nitrogens with zero attached hydrogens (tertiary/aromatic N) is 1. The van der Waals surface area contributed by atoms with E-state index >= 15 is 0 Å². The Bertz CT molecular complexity index is 414. The maximum atomic E-state index is 13.0. The van der Waals surface area contributed by atoms with Gasteiger partial charge in [0.25, 0.3) is 0 Å². The molecule has 2 unspecified atom stereocenters. The van der Waals surface area contributed by atoms with Crippen LogP contribution < -0.4 is 5.32 Å².